The highest BCUT2D eigenvalue weighted by Crippen LogP contribution is 2.29. The van der Waals surface area contributed by atoms with E-state index < -0.39 is 18.3 Å². The fourth-order valence-electron chi connectivity index (χ4n) is 2.05. The summed E-state index contributed by atoms with van der Waals surface area (Å²) in [7, 11) is 1.59. The first-order valence-corrected chi connectivity index (χ1v) is 7.18. The van der Waals surface area contributed by atoms with E-state index in [4.69, 9.17) is 9.84 Å². The largest absolute Gasteiger partial charge is 0.481 e. The van der Waals surface area contributed by atoms with Gasteiger partial charge in [0, 0.05) is 12.0 Å². The molecule has 2 aromatic rings. The van der Waals surface area contributed by atoms with Crippen LogP contribution < -0.4 is 0 Å². The van der Waals surface area contributed by atoms with E-state index in [9.17, 15) is 13.6 Å². The lowest BCUT2D eigenvalue weighted by molar-refractivity contribution is -0.142. The van der Waals surface area contributed by atoms with Gasteiger partial charge >= 0.3 is 5.97 Å². The molecule has 0 fully saturated rings. The Morgan fingerprint density at radius 3 is 2.57 bits per heavy atom. The summed E-state index contributed by atoms with van der Waals surface area (Å²) in [5.41, 5.74) is 0.110. The molecule has 2 aromatic carbocycles. The molecule has 1 unspecified atom stereocenters. The Balaban J connectivity index is 2.40. The third-order valence-corrected chi connectivity index (χ3v) is 4.00. The van der Waals surface area contributed by atoms with E-state index in [0.717, 1.165) is 15.7 Å². The summed E-state index contributed by atoms with van der Waals surface area (Å²) < 4.78 is 30.7. The number of halogens is 2. The number of carboxylic acids is 1. The summed E-state index contributed by atoms with van der Waals surface area (Å²) in [6, 6.07) is 10.2. The zero-order chi connectivity index (χ0) is 15.4. The van der Waals surface area contributed by atoms with Gasteiger partial charge in [0.15, 0.2) is 0 Å². The van der Waals surface area contributed by atoms with Crippen molar-refractivity contribution < 1.29 is 23.4 Å². The maximum Gasteiger partial charge on any atom is 0.316 e. The lowest BCUT2D eigenvalue weighted by Crippen LogP contribution is -2.19. The summed E-state index contributed by atoms with van der Waals surface area (Å²) >= 11 is 1.48. The number of ether oxygens (including phenoxy) is 1. The molecule has 0 saturated heterocycles. The van der Waals surface area contributed by atoms with E-state index in [-0.39, 0.29) is 5.56 Å². The van der Waals surface area contributed by atoms with Crippen molar-refractivity contribution in [3.8, 4) is 0 Å². The number of carboxylic acid groups (broad SMARTS) is 1. The predicted molar refractivity (Wildman–Crippen MR) is 78.1 cm³/mol. The molecule has 0 radical (unpaired) electrons. The van der Waals surface area contributed by atoms with Gasteiger partial charge in [0.05, 0.1) is 5.94 Å². The smallest absolute Gasteiger partial charge is 0.316 e. The minimum Gasteiger partial charge on any atom is -0.481 e. The molecule has 112 valence electrons. The molecule has 1 N–H and O–H groups in total. The lowest BCUT2D eigenvalue weighted by Gasteiger charge is -2.12. The number of aliphatic carboxylic acids is 1. The molecule has 6 heteroatoms. The van der Waals surface area contributed by atoms with E-state index in [1.54, 1.807) is 13.2 Å². The van der Waals surface area contributed by atoms with Crippen LogP contribution in [-0.2, 0) is 9.53 Å². The summed E-state index contributed by atoms with van der Waals surface area (Å²) in [4.78, 5) is 11.9. The first kappa shape index (κ1) is 15.7. The highest BCUT2D eigenvalue weighted by atomic mass is 32.2. The van der Waals surface area contributed by atoms with Gasteiger partial charge in [-0.25, -0.2) is 8.78 Å². The number of rotatable bonds is 6. The normalized spacial score (nSPS) is 12.8. The number of carbonyl (C=O) groups is 1. The van der Waals surface area contributed by atoms with Crippen molar-refractivity contribution >= 4 is 28.5 Å². The quantitative estimate of drug-likeness (QED) is 0.647. The molecule has 21 heavy (non-hydrogen) atoms. The van der Waals surface area contributed by atoms with Crippen LogP contribution in [0.2, 0.25) is 0 Å². The topological polar surface area (TPSA) is 46.5 Å². The van der Waals surface area contributed by atoms with Gasteiger partial charge in [-0.1, -0.05) is 36.0 Å². The van der Waals surface area contributed by atoms with Crippen molar-refractivity contribution in [3.05, 3.63) is 42.0 Å². The van der Waals surface area contributed by atoms with Gasteiger partial charge in [0.2, 0.25) is 0 Å². The van der Waals surface area contributed by atoms with E-state index >= 15 is 0 Å². The molecule has 1 atom stereocenters. The van der Waals surface area contributed by atoms with Crippen LogP contribution in [0, 0.1) is 0 Å². The second-order valence-corrected chi connectivity index (χ2v) is 5.47. The molecule has 3 nitrogen and oxygen atoms in total. The van der Waals surface area contributed by atoms with E-state index in [2.05, 4.69) is 0 Å². The van der Waals surface area contributed by atoms with Crippen LogP contribution in [0.3, 0.4) is 0 Å². The van der Waals surface area contributed by atoms with E-state index in [1.165, 1.54) is 23.9 Å². The molecule has 0 aliphatic rings. The Morgan fingerprint density at radius 2 is 1.95 bits per heavy atom. The second-order valence-electron chi connectivity index (χ2n) is 4.47. The zero-order valence-electron chi connectivity index (χ0n) is 11.3. The van der Waals surface area contributed by atoms with Crippen molar-refractivity contribution in [2.45, 2.75) is 17.2 Å². The zero-order valence-corrected chi connectivity index (χ0v) is 12.1. The molecule has 0 bridgehead atoms. The minimum absolute atomic E-state index is 0.110. The first-order valence-electron chi connectivity index (χ1n) is 6.19. The van der Waals surface area contributed by atoms with Gasteiger partial charge in [-0.05, 0) is 28.5 Å². The maximum atomic E-state index is 12.9. The third-order valence-electron chi connectivity index (χ3n) is 3.06. The van der Waals surface area contributed by atoms with Crippen LogP contribution in [0.15, 0.2) is 41.3 Å². The number of alkyl halides is 2. The summed E-state index contributed by atoms with van der Waals surface area (Å²) in [5.74, 6) is -2.83. The Hall–Kier alpha value is -1.66. The number of benzene rings is 2. The van der Waals surface area contributed by atoms with E-state index in [1.807, 2.05) is 18.2 Å². The molecular formula is C15H14F2O3S. The third kappa shape index (κ3) is 3.71. The van der Waals surface area contributed by atoms with Crippen molar-refractivity contribution in [2.75, 3.05) is 13.0 Å². The van der Waals surface area contributed by atoms with Gasteiger partial charge in [-0.2, -0.15) is 0 Å². The van der Waals surface area contributed by atoms with Crippen LogP contribution in [0.25, 0.3) is 10.8 Å². The SMILES string of the molecule is COCSc1ccc2ccc(C(C(=O)O)C(F)F)cc2c1. The van der Waals surface area contributed by atoms with Gasteiger partial charge in [0.25, 0.3) is 6.43 Å². The van der Waals surface area contributed by atoms with Crippen LogP contribution in [0.5, 0.6) is 0 Å². The average Bonchev–Trinajstić information content (AvgIpc) is 2.44. The fraction of sp³-hybridized carbons (Fsp3) is 0.267. The highest BCUT2D eigenvalue weighted by Gasteiger charge is 2.29. The summed E-state index contributed by atoms with van der Waals surface area (Å²) in [6.45, 7) is 0. The Bertz CT molecular complexity index is 646. The van der Waals surface area contributed by atoms with Gasteiger partial charge < -0.3 is 9.84 Å². The van der Waals surface area contributed by atoms with Crippen molar-refractivity contribution in [2.24, 2.45) is 0 Å². The molecule has 0 saturated carbocycles. The number of methoxy groups -OCH3 is 1. The fourth-order valence-corrected chi connectivity index (χ4v) is 2.68. The predicted octanol–water partition coefficient (Wildman–Crippen LogP) is 3.97. The van der Waals surface area contributed by atoms with Crippen LogP contribution in [0.1, 0.15) is 11.5 Å². The average molecular weight is 312 g/mol. The standard InChI is InChI=1S/C15H14F2O3S/c1-20-8-21-12-5-4-9-2-3-10(6-11(9)7-12)13(14(16)17)15(18)19/h2-7,13-14H,8H2,1H3,(H,18,19). The molecule has 0 heterocycles. The maximum absolute atomic E-state index is 12.9. The van der Waals surface area contributed by atoms with Crippen LogP contribution >= 0.6 is 11.8 Å². The van der Waals surface area contributed by atoms with Gasteiger partial charge in [0.1, 0.15) is 5.92 Å². The molecule has 0 amide bonds. The van der Waals surface area contributed by atoms with E-state index in [0.29, 0.717) is 5.94 Å². The van der Waals surface area contributed by atoms with Crippen LogP contribution in [0.4, 0.5) is 8.78 Å². The Kier molecular flexibility index (Phi) is 5.14. The van der Waals surface area contributed by atoms with Crippen molar-refractivity contribution in [1.82, 2.24) is 0 Å². The molecule has 0 aliphatic carbocycles. The van der Waals surface area contributed by atoms with Crippen molar-refractivity contribution in [3.63, 3.8) is 0 Å². The number of hydrogen-bond donors (Lipinski definition) is 1. The summed E-state index contributed by atoms with van der Waals surface area (Å²) in [5, 5.41) is 10.5. The number of fused-ring (bicyclic) bond motifs is 1. The highest BCUT2D eigenvalue weighted by molar-refractivity contribution is 7.99. The monoisotopic (exact) mass is 312 g/mol. The lowest BCUT2D eigenvalue weighted by atomic mass is 9.97. The van der Waals surface area contributed by atoms with Gasteiger partial charge in [-0.15, -0.1) is 0 Å². The molecule has 0 aromatic heterocycles. The Morgan fingerprint density at radius 1 is 1.24 bits per heavy atom. The Labute approximate surface area is 124 Å². The van der Waals surface area contributed by atoms with Gasteiger partial charge in [-0.3, -0.25) is 4.79 Å². The summed E-state index contributed by atoms with van der Waals surface area (Å²) in [6.07, 6.45) is -2.94. The molecule has 2 rings (SSSR count). The minimum atomic E-state index is -2.94. The second kappa shape index (κ2) is 6.87. The number of thioether (sulfide) groups is 1. The molecule has 0 aliphatic heterocycles. The van der Waals surface area contributed by atoms with Crippen molar-refractivity contribution in [1.29, 1.82) is 0 Å². The number of hydrogen-bond acceptors (Lipinski definition) is 3. The molecule has 0 spiro atoms. The first-order chi connectivity index (χ1) is 10.0. The molecular weight excluding hydrogens is 298 g/mol. The van der Waals surface area contributed by atoms with Crippen LogP contribution in [-0.4, -0.2) is 30.5 Å².